The Bertz CT molecular complexity index is 1130. The van der Waals surface area contributed by atoms with Gasteiger partial charge in [-0.3, -0.25) is 4.79 Å². The van der Waals surface area contributed by atoms with Crippen LogP contribution in [0.5, 0.6) is 11.5 Å². The van der Waals surface area contributed by atoms with E-state index in [1.54, 1.807) is 7.11 Å². The van der Waals surface area contributed by atoms with Gasteiger partial charge >= 0.3 is 0 Å². The number of ether oxygens (including phenoxy) is 2. The number of sulfonamides is 1. The van der Waals surface area contributed by atoms with Crippen molar-refractivity contribution in [1.82, 2.24) is 10.0 Å². The maximum Gasteiger partial charge on any atom is 0.258 e. The normalized spacial score (nSPS) is 12.1. The van der Waals surface area contributed by atoms with E-state index in [-0.39, 0.29) is 30.0 Å². The molecule has 0 aliphatic carbocycles. The van der Waals surface area contributed by atoms with Gasteiger partial charge in [0.1, 0.15) is 11.5 Å². The highest BCUT2D eigenvalue weighted by Gasteiger charge is 2.15. The number of amides is 1. The number of carbonyl (C=O) groups is 1. The molecule has 7 nitrogen and oxygen atoms in total. The average molecular weight is 455 g/mol. The molecule has 1 amide bonds. The lowest BCUT2D eigenvalue weighted by atomic mass is 10.1. The first kappa shape index (κ1) is 23.3. The first-order valence-electron chi connectivity index (χ1n) is 10.1. The van der Waals surface area contributed by atoms with E-state index in [9.17, 15) is 13.2 Å². The average Bonchev–Trinajstić information content (AvgIpc) is 2.82. The fraction of sp³-hybridized carbons (Fsp3) is 0.208. The monoisotopic (exact) mass is 454 g/mol. The maximum atomic E-state index is 12.5. The van der Waals surface area contributed by atoms with Crippen LogP contribution in [-0.4, -0.2) is 28.0 Å². The minimum atomic E-state index is -3.66. The minimum absolute atomic E-state index is 0.120. The van der Waals surface area contributed by atoms with E-state index in [1.165, 1.54) is 24.3 Å². The Hall–Kier alpha value is -3.36. The minimum Gasteiger partial charge on any atom is -0.496 e. The van der Waals surface area contributed by atoms with Crippen molar-refractivity contribution in [3.8, 4) is 11.5 Å². The molecule has 0 fully saturated rings. The summed E-state index contributed by atoms with van der Waals surface area (Å²) in [5, 5.41) is 2.86. The smallest absolute Gasteiger partial charge is 0.258 e. The molecule has 0 radical (unpaired) electrons. The number of para-hydroxylation sites is 1. The standard InChI is InChI=1S/C24H26N2O5S/c1-18(22-10-6-7-11-23(22)30-2)26-24(27)17-31-20-12-14-21(15-13-20)32(28,29)25-16-19-8-4-3-5-9-19/h3-15,18,25H,16-17H2,1-2H3,(H,26,27)/t18-/m0/s1. The molecular formula is C24H26N2O5S. The summed E-state index contributed by atoms with van der Waals surface area (Å²) in [6.07, 6.45) is 0. The molecule has 0 heterocycles. The molecule has 0 spiro atoms. The predicted octanol–water partition coefficient (Wildman–Crippen LogP) is 3.43. The Morgan fingerprint density at radius 3 is 2.28 bits per heavy atom. The molecule has 0 aliphatic heterocycles. The lowest BCUT2D eigenvalue weighted by Crippen LogP contribution is -2.31. The van der Waals surface area contributed by atoms with Crippen LogP contribution in [0.1, 0.15) is 24.1 Å². The molecule has 2 N–H and O–H groups in total. The van der Waals surface area contributed by atoms with Crippen molar-refractivity contribution in [1.29, 1.82) is 0 Å². The van der Waals surface area contributed by atoms with E-state index < -0.39 is 10.0 Å². The van der Waals surface area contributed by atoms with Crippen LogP contribution in [-0.2, 0) is 21.4 Å². The number of carbonyl (C=O) groups excluding carboxylic acids is 1. The van der Waals surface area contributed by atoms with Gasteiger partial charge < -0.3 is 14.8 Å². The number of methoxy groups -OCH3 is 1. The quantitative estimate of drug-likeness (QED) is 0.490. The van der Waals surface area contributed by atoms with Crippen molar-refractivity contribution in [3.05, 3.63) is 90.0 Å². The van der Waals surface area contributed by atoms with E-state index >= 15 is 0 Å². The van der Waals surface area contributed by atoms with Crippen LogP contribution in [0.2, 0.25) is 0 Å². The molecule has 0 saturated carbocycles. The molecule has 0 unspecified atom stereocenters. The Labute approximate surface area is 188 Å². The SMILES string of the molecule is COc1ccccc1[C@H](C)NC(=O)COc1ccc(S(=O)(=O)NCc2ccccc2)cc1. The number of hydrogen-bond acceptors (Lipinski definition) is 5. The third-order valence-electron chi connectivity index (χ3n) is 4.80. The highest BCUT2D eigenvalue weighted by Crippen LogP contribution is 2.24. The molecule has 0 aliphatic rings. The number of benzene rings is 3. The van der Waals surface area contributed by atoms with Crippen molar-refractivity contribution in [2.24, 2.45) is 0 Å². The molecule has 8 heteroatoms. The lowest BCUT2D eigenvalue weighted by Gasteiger charge is -2.17. The molecule has 0 bridgehead atoms. The fourth-order valence-corrected chi connectivity index (χ4v) is 4.12. The lowest BCUT2D eigenvalue weighted by molar-refractivity contribution is -0.123. The van der Waals surface area contributed by atoms with Gasteiger partial charge in [0, 0.05) is 12.1 Å². The van der Waals surface area contributed by atoms with E-state index in [2.05, 4.69) is 10.0 Å². The zero-order valence-electron chi connectivity index (χ0n) is 17.9. The summed E-state index contributed by atoms with van der Waals surface area (Å²) < 4.78 is 38.3. The van der Waals surface area contributed by atoms with E-state index in [4.69, 9.17) is 9.47 Å². The second-order valence-corrected chi connectivity index (χ2v) is 8.87. The van der Waals surface area contributed by atoms with Gasteiger partial charge in [0.15, 0.2) is 6.61 Å². The Morgan fingerprint density at radius 2 is 1.59 bits per heavy atom. The van der Waals surface area contributed by atoms with Gasteiger partial charge in [0.2, 0.25) is 10.0 Å². The maximum absolute atomic E-state index is 12.5. The number of rotatable bonds is 10. The van der Waals surface area contributed by atoms with Crippen LogP contribution in [0.3, 0.4) is 0 Å². The van der Waals surface area contributed by atoms with E-state index in [0.29, 0.717) is 11.5 Å². The zero-order chi connectivity index (χ0) is 23.0. The van der Waals surface area contributed by atoms with Crippen LogP contribution < -0.4 is 19.5 Å². The molecule has 32 heavy (non-hydrogen) atoms. The second kappa shape index (κ2) is 10.8. The van der Waals surface area contributed by atoms with Gasteiger partial charge in [0.25, 0.3) is 5.91 Å². The summed E-state index contributed by atoms with van der Waals surface area (Å²) in [5.74, 6) is 0.788. The molecule has 3 aromatic rings. The number of nitrogens with one attached hydrogen (secondary N) is 2. The molecule has 3 rings (SSSR count). The van der Waals surface area contributed by atoms with Gasteiger partial charge in [-0.2, -0.15) is 0 Å². The largest absolute Gasteiger partial charge is 0.496 e. The summed E-state index contributed by atoms with van der Waals surface area (Å²) >= 11 is 0. The summed E-state index contributed by atoms with van der Waals surface area (Å²) in [7, 11) is -2.08. The highest BCUT2D eigenvalue weighted by molar-refractivity contribution is 7.89. The second-order valence-electron chi connectivity index (χ2n) is 7.10. The number of hydrogen-bond donors (Lipinski definition) is 2. The van der Waals surface area contributed by atoms with Crippen molar-refractivity contribution in [3.63, 3.8) is 0 Å². The van der Waals surface area contributed by atoms with Crippen LogP contribution in [0.15, 0.2) is 83.8 Å². The first-order valence-corrected chi connectivity index (χ1v) is 11.6. The predicted molar refractivity (Wildman–Crippen MR) is 122 cm³/mol. The summed E-state index contributed by atoms with van der Waals surface area (Å²) in [4.78, 5) is 12.4. The van der Waals surface area contributed by atoms with Gasteiger partial charge in [0.05, 0.1) is 18.0 Å². The molecular weight excluding hydrogens is 428 g/mol. The molecule has 1 atom stereocenters. The molecule has 0 aromatic heterocycles. The fourth-order valence-electron chi connectivity index (χ4n) is 3.11. The summed E-state index contributed by atoms with van der Waals surface area (Å²) in [6, 6.07) is 22.4. The third-order valence-corrected chi connectivity index (χ3v) is 6.21. The van der Waals surface area contributed by atoms with Crippen molar-refractivity contribution in [2.75, 3.05) is 13.7 Å². The van der Waals surface area contributed by atoms with Gasteiger partial charge in [-0.25, -0.2) is 13.1 Å². The van der Waals surface area contributed by atoms with Gasteiger partial charge in [-0.1, -0.05) is 48.5 Å². The van der Waals surface area contributed by atoms with Crippen molar-refractivity contribution >= 4 is 15.9 Å². The van der Waals surface area contributed by atoms with Crippen LogP contribution >= 0.6 is 0 Å². The molecule has 3 aromatic carbocycles. The first-order chi connectivity index (χ1) is 15.4. The summed E-state index contributed by atoms with van der Waals surface area (Å²) in [5.41, 5.74) is 1.73. The Balaban J connectivity index is 1.52. The molecule has 0 saturated heterocycles. The summed E-state index contributed by atoms with van der Waals surface area (Å²) in [6.45, 7) is 1.86. The Morgan fingerprint density at radius 1 is 0.938 bits per heavy atom. The van der Waals surface area contributed by atoms with Crippen LogP contribution in [0, 0.1) is 0 Å². The van der Waals surface area contributed by atoms with Gasteiger partial charge in [-0.15, -0.1) is 0 Å². The van der Waals surface area contributed by atoms with Crippen LogP contribution in [0.25, 0.3) is 0 Å². The van der Waals surface area contributed by atoms with E-state index in [1.807, 2.05) is 61.5 Å². The molecule has 168 valence electrons. The van der Waals surface area contributed by atoms with Crippen molar-refractivity contribution in [2.45, 2.75) is 24.4 Å². The van der Waals surface area contributed by atoms with Crippen molar-refractivity contribution < 1.29 is 22.7 Å². The van der Waals surface area contributed by atoms with Crippen LogP contribution in [0.4, 0.5) is 0 Å². The van der Waals surface area contributed by atoms with E-state index in [0.717, 1.165) is 11.1 Å². The topological polar surface area (TPSA) is 93.7 Å². The third kappa shape index (κ3) is 6.32. The highest BCUT2D eigenvalue weighted by atomic mass is 32.2. The Kier molecular flexibility index (Phi) is 7.86. The zero-order valence-corrected chi connectivity index (χ0v) is 18.8. The van der Waals surface area contributed by atoms with Gasteiger partial charge in [-0.05, 0) is 42.8 Å².